The second-order valence-electron chi connectivity index (χ2n) is 4.28. The molecule has 1 aromatic heterocycles. The molecule has 6 nitrogen and oxygen atoms in total. The number of aromatic nitrogens is 1. The van der Waals surface area contributed by atoms with Crippen molar-refractivity contribution in [1.29, 1.82) is 0 Å². The molecule has 0 aliphatic heterocycles. The molecule has 0 saturated carbocycles. The van der Waals surface area contributed by atoms with Crippen molar-refractivity contribution in [3.8, 4) is 0 Å². The molecule has 0 aromatic carbocycles. The van der Waals surface area contributed by atoms with Crippen LogP contribution in [0.4, 0.5) is 0 Å². The summed E-state index contributed by atoms with van der Waals surface area (Å²) in [6.07, 6.45) is 2.69. The van der Waals surface area contributed by atoms with Crippen molar-refractivity contribution in [3.63, 3.8) is 0 Å². The minimum Gasteiger partial charge on any atom is -0.356 e. The van der Waals surface area contributed by atoms with Crippen molar-refractivity contribution in [1.82, 2.24) is 15.6 Å². The molecule has 1 rings (SSSR count). The van der Waals surface area contributed by atoms with E-state index in [9.17, 15) is 8.42 Å². The second kappa shape index (κ2) is 8.21. The predicted molar refractivity (Wildman–Crippen MR) is 84.2 cm³/mol. The molecular weight excluding hydrogens is 296 g/mol. The Hall–Kier alpha value is -1.15. The summed E-state index contributed by atoms with van der Waals surface area (Å²) in [6, 6.07) is 0. The van der Waals surface area contributed by atoms with Crippen LogP contribution in [-0.2, 0) is 16.3 Å². The van der Waals surface area contributed by atoms with E-state index < -0.39 is 9.84 Å². The van der Waals surface area contributed by atoms with E-state index in [-0.39, 0.29) is 11.5 Å². The van der Waals surface area contributed by atoms with Crippen LogP contribution in [0.3, 0.4) is 0 Å². The number of hydrogen-bond acceptors (Lipinski definition) is 5. The largest absolute Gasteiger partial charge is 0.356 e. The smallest absolute Gasteiger partial charge is 0.191 e. The summed E-state index contributed by atoms with van der Waals surface area (Å²) in [5.41, 5.74) is 0. The standard InChI is InChI=1S/C12H22N4O2S2/c1-4-20(17,18)8-7-15-12(13-3)14-6-5-11-16-9-10(2)19-11/h9H,4-8H2,1-3H3,(H2,13,14,15). The van der Waals surface area contributed by atoms with Crippen molar-refractivity contribution in [2.24, 2.45) is 4.99 Å². The van der Waals surface area contributed by atoms with Gasteiger partial charge in [-0.05, 0) is 6.92 Å². The van der Waals surface area contributed by atoms with Gasteiger partial charge in [0.2, 0.25) is 0 Å². The van der Waals surface area contributed by atoms with E-state index in [1.165, 1.54) is 4.88 Å². The maximum atomic E-state index is 11.4. The lowest BCUT2D eigenvalue weighted by Gasteiger charge is -2.11. The molecule has 1 aromatic rings. The molecular formula is C12H22N4O2S2. The predicted octanol–water partition coefficient (Wildman–Crippen LogP) is 0.594. The van der Waals surface area contributed by atoms with E-state index in [1.807, 2.05) is 13.1 Å². The summed E-state index contributed by atoms with van der Waals surface area (Å²) in [5, 5.41) is 7.22. The zero-order valence-corrected chi connectivity index (χ0v) is 13.8. The minimum atomic E-state index is -2.94. The third-order valence-corrected chi connectivity index (χ3v) is 5.35. The highest BCUT2D eigenvalue weighted by Crippen LogP contribution is 2.10. The number of aliphatic imine (C=N–C) groups is 1. The first-order valence-electron chi connectivity index (χ1n) is 6.53. The van der Waals surface area contributed by atoms with E-state index in [0.29, 0.717) is 19.0 Å². The molecule has 1 heterocycles. The van der Waals surface area contributed by atoms with Gasteiger partial charge in [0.1, 0.15) is 0 Å². The van der Waals surface area contributed by atoms with Crippen molar-refractivity contribution in [2.45, 2.75) is 20.3 Å². The molecule has 114 valence electrons. The SMILES string of the molecule is CCS(=O)(=O)CCNC(=NC)NCCc1ncc(C)s1. The Kier molecular flexibility index (Phi) is 6.94. The Morgan fingerprint density at radius 1 is 1.40 bits per heavy atom. The fraction of sp³-hybridized carbons (Fsp3) is 0.667. The number of nitrogens with one attached hydrogen (secondary N) is 2. The molecule has 0 unspecified atom stereocenters. The van der Waals surface area contributed by atoms with Crippen molar-refractivity contribution < 1.29 is 8.42 Å². The second-order valence-corrected chi connectivity index (χ2v) is 8.07. The number of guanidine groups is 1. The molecule has 0 aliphatic rings. The highest BCUT2D eigenvalue weighted by Gasteiger charge is 2.07. The van der Waals surface area contributed by atoms with Gasteiger partial charge in [0.25, 0.3) is 0 Å². The first-order valence-corrected chi connectivity index (χ1v) is 9.17. The molecule has 2 N–H and O–H groups in total. The Morgan fingerprint density at radius 2 is 2.10 bits per heavy atom. The summed E-state index contributed by atoms with van der Waals surface area (Å²) in [7, 11) is -1.27. The first kappa shape index (κ1) is 16.9. The monoisotopic (exact) mass is 318 g/mol. The molecule has 0 amide bonds. The van der Waals surface area contributed by atoms with Gasteiger partial charge in [-0.15, -0.1) is 11.3 Å². The van der Waals surface area contributed by atoms with E-state index in [4.69, 9.17) is 0 Å². The van der Waals surface area contributed by atoms with Gasteiger partial charge >= 0.3 is 0 Å². The normalized spacial score (nSPS) is 12.4. The topological polar surface area (TPSA) is 83.5 Å². The number of hydrogen-bond donors (Lipinski definition) is 2. The van der Waals surface area contributed by atoms with Gasteiger partial charge in [-0.1, -0.05) is 6.92 Å². The fourth-order valence-corrected chi connectivity index (χ4v) is 2.98. The van der Waals surface area contributed by atoms with Gasteiger partial charge in [-0.3, -0.25) is 4.99 Å². The van der Waals surface area contributed by atoms with Crippen molar-refractivity contribution in [2.75, 3.05) is 31.6 Å². The highest BCUT2D eigenvalue weighted by atomic mass is 32.2. The average molecular weight is 318 g/mol. The van der Waals surface area contributed by atoms with Gasteiger partial charge in [0, 0.05) is 43.4 Å². The van der Waals surface area contributed by atoms with Crippen LogP contribution in [0.15, 0.2) is 11.2 Å². The molecule has 0 fully saturated rings. The van der Waals surface area contributed by atoms with E-state index in [0.717, 1.165) is 11.4 Å². The third kappa shape index (κ3) is 6.33. The van der Waals surface area contributed by atoms with Crippen molar-refractivity contribution in [3.05, 3.63) is 16.1 Å². The van der Waals surface area contributed by atoms with Crippen LogP contribution in [-0.4, -0.2) is 51.0 Å². The lowest BCUT2D eigenvalue weighted by molar-refractivity contribution is 0.595. The summed E-state index contributed by atoms with van der Waals surface area (Å²) >= 11 is 1.68. The first-order chi connectivity index (χ1) is 9.46. The Bertz CT molecular complexity index is 537. The van der Waals surface area contributed by atoms with Crippen LogP contribution in [0.2, 0.25) is 0 Å². The molecule has 20 heavy (non-hydrogen) atoms. The lowest BCUT2D eigenvalue weighted by atomic mass is 10.4. The highest BCUT2D eigenvalue weighted by molar-refractivity contribution is 7.91. The zero-order valence-electron chi connectivity index (χ0n) is 12.1. The molecule has 0 aliphatic carbocycles. The molecule has 0 spiro atoms. The zero-order chi connectivity index (χ0) is 15.0. The van der Waals surface area contributed by atoms with Gasteiger partial charge in [-0.2, -0.15) is 0 Å². The summed E-state index contributed by atoms with van der Waals surface area (Å²) in [6.45, 7) is 4.76. The van der Waals surface area contributed by atoms with Gasteiger partial charge < -0.3 is 10.6 Å². The van der Waals surface area contributed by atoms with Crippen LogP contribution >= 0.6 is 11.3 Å². The van der Waals surface area contributed by atoms with Crippen LogP contribution in [0.25, 0.3) is 0 Å². The Morgan fingerprint density at radius 3 is 2.65 bits per heavy atom. The third-order valence-electron chi connectivity index (χ3n) is 2.67. The summed E-state index contributed by atoms with van der Waals surface area (Å²) in [5.74, 6) is 0.907. The maximum Gasteiger partial charge on any atom is 0.191 e. The molecule has 0 radical (unpaired) electrons. The number of rotatable bonds is 7. The number of sulfone groups is 1. The maximum absolute atomic E-state index is 11.4. The fourth-order valence-electron chi connectivity index (χ4n) is 1.49. The minimum absolute atomic E-state index is 0.121. The van der Waals surface area contributed by atoms with E-state index in [1.54, 1.807) is 25.3 Å². The molecule has 8 heteroatoms. The van der Waals surface area contributed by atoms with Crippen LogP contribution in [0.1, 0.15) is 16.8 Å². The van der Waals surface area contributed by atoms with Crippen LogP contribution in [0.5, 0.6) is 0 Å². The number of nitrogens with zero attached hydrogens (tertiary/aromatic N) is 2. The molecule has 0 saturated heterocycles. The average Bonchev–Trinajstić information content (AvgIpc) is 2.82. The van der Waals surface area contributed by atoms with Gasteiger partial charge in [-0.25, -0.2) is 13.4 Å². The summed E-state index contributed by atoms with van der Waals surface area (Å²) in [4.78, 5) is 9.54. The van der Waals surface area contributed by atoms with Crippen molar-refractivity contribution >= 4 is 27.1 Å². The number of aryl methyl sites for hydroxylation is 1. The van der Waals surface area contributed by atoms with Gasteiger partial charge in [0.05, 0.1) is 10.8 Å². The van der Waals surface area contributed by atoms with E-state index >= 15 is 0 Å². The quantitative estimate of drug-likeness (QED) is 0.568. The van der Waals surface area contributed by atoms with E-state index in [2.05, 4.69) is 20.6 Å². The van der Waals surface area contributed by atoms with Crippen LogP contribution < -0.4 is 10.6 Å². The molecule has 0 bridgehead atoms. The summed E-state index contributed by atoms with van der Waals surface area (Å²) < 4.78 is 22.7. The van der Waals surface area contributed by atoms with Crippen LogP contribution in [0, 0.1) is 6.92 Å². The molecule has 0 atom stereocenters. The Labute approximate surface area is 124 Å². The number of thiazole rings is 1. The van der Waals surface area contributed by atoms with Gasteiger partial charge in [0.15, 0.2) is 15.8 Å². The lowest BCUT2D eigenvalue weighted by Crippen LogP contribution is -2.40. The Balaban J connectivity index is 2.27.